The van der Waals surface area contributed by atoms with Gasteiger partial charge < -0.3 is 20.3 Å². The van der Waals surface area contributed by atoms with E-state index in [4.69, 9.17) is 4.74 Å². The zero-order valence-corrected chi connectivity index (χ0v) is 23.9. The number of para-hydroxylation sites is 1. The number of amides is 3. The molecule has 0 aliphatic heterocycles. The van der Waals surface area contributed by atoms with Crippen molar-refractivity contribution in [2.45, 2.75) is 79.0 Å². The fourth-order valence-corrected chi connectivity index (χ4v) is 4.29. The second-order valence-corrected chi connectivity index (χ2v) is 10.7. The molecular weight excluding hydrogens is 486 g/mol. The molecule has 2 aromatic rings. The van der Waals surface area contributed by atoms with Gasteiger partial charge in [0, 0.05) is 18.0 Å². The molecule has 0 spiro atoms. The Labute approximate surface area is 226 Å². The Balaban J connectivity index is 2.51. The minimum atomic E-state index is -0.963. The summed E-state index contributed by atoms with van der Waals surface area (Å²) in [5.74, 6) is -0.653. The van der Waals surface area contributed by atoms with Crippen molar-refractivity contribution in [3.05, 3.63) is 64.7 Å². The van der Waals surface area contributed by atoms with Crippen molar-refractivity contribution in [1.82, 2.24) is 10.2 Å². The number of rotatable bonds is 10. The van der Waals surface area contributed by atoms with Crippen LogP contribution in [0.15, 0.2) is 42.5 Å². The van der Waals surface area contributed by atoms with Gasteiger partial charge in [0.05, 0.1) is 0 Å². The Morgan fingerprint density at radius 1 is 1.03 bits per heavy atom. The van der Waals surface area contributed by atoms with E-state index in [-0.39, 0.29) is 11.7 Å². The molecule has 2 atom stereocenters. The number of aryl methyl sites for hydroxylation is 3. The predicted molar refractivity (Wildman–Crippen MR) is 152 cm³/mol. The first kappa shape index (κ1) is 30.2. The Kier molecular flexibility index (Phi) is 11.0. The standard InChI is InChI=1S/C29H41N3O4S/c1-8-9-16-32(27(34)23(18-37)30-28(35)36-29(5,6)7)25(22-15-10-12-19(2)17-22)26(33)31-24-20(3)13-11-14-21(24)4/h10-15,17,23,25,37H,8-9,16,18H2,1-7H3,(H,30,35)(H,31,33). The van der Waals surface area contributed by atoms with Crippen LogP contribution in [0.5, 0.6) is 0 Å². The number of nitrogens with one attached hydrogen (secondary N) is 2. The van der Waals surface area contributed by atoms with Gasteiger partial charge in [-0.2, -0.15) is 12.6 Å². The molecule has 0 radical (unpaired) electrons. The van der Waals surface area contributed by atoms with Crippen LogP contribution in [0, 0.1) is 20.8 Å². The van der Waals surface area contributed by atoms with Gasteiger partial charge in [-0.1, -0.05) is 61.4 Å². The average molecular weight is 528 g/mol. The van der Waals surface area contributed by atoms with Gasteiger partial charge in [0.1, 0.15) is 17.7 Å². The van der Waals surface area contributed by atoms with E-state index in [9.17, 15) is 14.4 Å². The van der Waals surface area contributed by atoms with Crippen LogP contribution in [0.3, 0.4) is 0 Å². The van der Waals surface area contributed by atoms with Gasteiger partial charge in [0.25, 0.3) is 5.91 Å². The summed E-state index contributed by atoms with van der Waals surface area (Å²) in [5, 5.41) is 5.72. The van der Waals surface area contributed by atoms with Crippen LogP contribution < -0.4 is 10.6 Å². The highest BCUT2D eigenvalue weighted by Crippen LogP contribution is 2.28. The molecule has 37 heavy (non-hydrogen) atoms. The van der Waals surface area contributed by atoms with Crippen molar-refractivity contribution in [1.29, 1.82) is 0 Å². The molecule has 0 heterocycles. The second-order valence-electron chi connectivity index (χ2n) is 10.3. The lowest BCUT2D eigenvalue weighted by atomic mass is 10.00. The molecule has 8 heteroatoms. The fourth-order valence-electron chi connectivity index (χ4n) is 4.05. The first-order chi connectivity index (χ1) is 17.4. The summed E-state index contributed by atoms with van der Waals surface area (Å²) in [5.41, 5.74) is 3.55. The number of nitrogens with zero attached hydrogens (tertiary/aromatic N) is 1. The molecule has 0 saturated carbocycles. The molecular formula is C29H41N3O4S. The zero-order valence-electron chi connectivity index (χ0n) is 23.1. The normalized spacial score (nSPS) is 12.9. The number of benzene rings is 2. The van der Waals surface area contributed by atoms with E-state index >= 15 is 0 Å². The van der Waals surface area contributed by atoms with Crippen molar-refractivity contribution in [3.63, 3.8) is 0 Å². The number of alkyl carbamates (subject to hydrolysis) is 1. The lowest BCUT2D eigenvalue weighted by molar-refractivity contribution is -0.140. The highest BCUT2D eigenvalue weighted by atomic mass is 32.1. The number of hydrogen-bond donors (Lipinski definition) is 3. The molecule has 2 aromatic carbocycles. The highest BCUT2D eigenvalue weighted by molar-refractivity contribution is 7.80. The number of unbranched alkanes of at least 4 members (excludes halogenated alkanes) is 1. The van der Waals surface area contributed by atoms with E-state index in [1.165, 1.54) is 0 Å². The minimum Gasteiger partial charge on any atom is -0.444 e. The van der Waals surface area contributed by atoms with Gasteiger partial charge in [-0.25, -0.2) is 4.79 Å². The summed E-state index contributed by atoms with van der Waals surface area (Å²) in [6, 6.07) is 11.5. The largest absolute Gasteiger partial charge is 0.444 e. The monoisotopic (exact) mass is 527 g/mol. The lowest BCUT2D eigenvalue weighted by Crippen LogP contribution is -2.53. The third-order valence-corrected chi connectivity index (χ3v) is 6.22. The van der Waals surface area contributed by atoms with Crippen LogP contribution in [0.1, 0.15) is 68.8 Å². The van der Waals surface area contributed by atoms with Crippen LogP contribution in [0.4, 0.5) is 10.5 Å². The highest BCUT2D eigenvalue weighted by Gasteiger charge is 2.36. The molecule has 3 amide bonds. The van der Waals surface area contributed by atoms with Gasteiger partial charge in [-0.05, 0) is 64.7 Å². The Morgan fingerprint density at radius 3 is 2.19 bits per heavy atom. The maximum Gasteiger partial charge on any atom is 0.408 e. The van der Waals surface area contributed by atoms with Crippen LogP contribution in [-0.4, -0.2) is 46.7 Å². The predicted octanol–water partition coefficient (Wildman–Crippen LogP) is 5.74. The molecule has 0 saturated heterocycles. The van der Waals surface area contributed by atoms with E-state index in [1.54, 1.807) is 25.7 Å². The van der Waals surface area contributed by atoms with Gasteiger partial charge in [-0.15, -0.1) is 0 Å². The molecule has 0 aliphatic carbocycles. The van der Waals surface area contributed by atoms with Gasteiger partial charge in [0.2, 0.25) is 5.91 Å². The molecule has 0 aliphatic rings. The number of hydrogen-bond acceptors (Lipinski definition) is 5. The summed E-state index contributed by atoms with van der Waals surface area (Å²) >= 11 is 4.34. The minimum absolute atomic E-state index is 0.0553. The molecule has 0 fully saturated rings. The smallest absolute Gasteiger partial charge is 0.408 e. The van der Waals surface area contributed by atoms with Crippen LogP contribution >= 0.6 is 12.6 Å². The van der Waals surface area contributed by atoms with E-state index in [0.29, 0.717) is 18.5 Å². The molecule has 2 unspecified atom stereocenters. The Bertz CT molecular complexity index is 1080. The van der Waals surface area contributed by atoms with Crippen molar-refractivity contribution in [2.24, 2.45) is 0 Å². The van der Waals surface area contributed by atoms with Crippen molar-refractivity contribution < 1.29 is 19.1 Å². The molecule has 0 bridgehead atoms. The number of thiol groups is 1. The first-order valence-corrected chi connectivity index (χ1v) is 13.4. The third kappa shape index (κ3) is 8.81. The number of anilines is 1. The van der Waals surface area contributed by atoms with Crippen molar-refractivity contribution in [2.75, 3.05) is 17.6 Å². The average Bonchev–Trinajstić information content (AvgIpc) is 2.81. The number of carbonyl (C=O) groups is 3. The summed E-state index contributed by atoms with van der Waals surface area (Å²) < 4.78 is 5.36. The molecule has 2 N–H and O–H groups in total. The molecule has 202 valence electrons. The first-order valence-electron chi connectivity index (χ1n) is 12.7. The zero-order chi connectivity index (χ0) is 27.8. The molecule has 0 aromatic heterocycles. The topological polar surface area (TPSA) is 87.7 Å². The maximum absolute atomic E-state index is 13.9. The SMILES string of the molecule is CCCCN(C(=O)C(CS)NC(=O)OC(C)(C)C)C(C(=O)Nc1c(C)cccc1C)c1cccc(C)c1. The van der Waals surface area contributed by atoms with Crippen LogP contribution in [0.25, 0.3) is 0 Å². The molecule has 2 rings (SSSR count). The molecule has 7 nitrogen and oxygen atoms in total. The fraction of sp³-hybridized carbons (Fsp3) is 0.483. The van der Waals surface area contributed by atoms with Gasteiger partial charge in [-0.3, -0.25) is 9.59 Å². The Hall–Kier alpha value is -3.00. The third-order valence-electron chi connectivity index (χ3n) is 5.85. The Morgan fingerprint density at radius 2 is 1.65 bits per heavy atom. The van der Waals surface area contributed by atoms with Crippen LogP contribution in [0.2, 0.25) is 0 Å². The van der Waals surface area contributed by atoms with E-state index in [0.717, 1.165) is 28.8 Å². The second kappa shape index (κ2) is 13.5. The summed E-state index contributed by atoms with van der Waals surface area (Å²) in [6.07, 6.45) is 0.812. The van der Waals surface area contributed by atoms with Crippen LogP contribution in [-0.2, 0) is 14.3 Å². The number of carbonyl (C=O) groups excluding carboxylic acids is 3. The van der Waals surface area contributed by atoms with Crippen molar-refractivity contribution in [3.8, 4) is 0 Å². The number of ether oxygens (including phenoxy) is 1. The van der Waals surface area contributed by atoms with E-state index in [2.05, 4.69) is 23.3 Å². The van der Waals surface area contributed by atoms with Crippen molar-refractivity contribution >= 4 is 36.2 Å². The summed E-state index contributed by atoms with van der Waals surface area (Å²) in [6.45, 7) is 13.4. The van der Waals surface area contributed by atoms with Gasteiger partial charge in [0.15, 0.2) is 0 Å². The lowest BCUT2D eigenvalue weighted by Gasteiger charge is -2.34. The maximum atomic E-state index is 13.9. The van der Waals surface area contributed by atoms with E-state index in [1.807, 2.05) is 70.2 Å². The quantitative estimate of drug-likeness (QED) is 0.344. The van der Waals surface area contributed by atoms with Gasteiger partial charge >= 0.3 is 6.09 Å². The van der Waals surface area contributed by atoms with E-state index < -0.39 is 29.7 Å². The summed E-state index contributed by atoms with van der Waals surface area (Å²) in [4.78, 5) is 41.9. The summed E-state index contributed by atoms with van der Waals surface area (Å²) in [7, 11) is 0.